The second kappa shape index (κ2) is 7.43. The van der Waals surface area contributed by atoms with E-state index in [4.69, 9.17) is 0 Å². The maximum atomic E-state index is 12.9. The molecule has 0 spiro atoms. The SMILES string of the molecule is Cc1ccccc1N1CCCN(C(=O)C[C@H]2NC(=O)c3ccccc32)CC1. The van der Waals surface area contributed by atoms with Gasteiger partial charge in [0.25, 0.3) is 5.91 Å². The maximum Gasteiger partial charge on any atom is 0.252 e. The Balaban J connectivity index is 1.41. The first-order chi connectivity index (χ1) is 13.1. The first kappa shape index (κ1) is 17.6. The number of rotatable bonds is 3. The fraction of sp³-hybridized carbons (Fsp3) is 0.364. The molecule has 4 rings (SSSR count). The molecule has 0 aromatic heterocycles. The zero-order chi connectivity index (χ0) is 18.8. The molecule has 0 aliphatic carbocycles. The number of nitrogens with zero attached hydrogens (tertiary/aromatic N) is 2. The van der Waals surface area contributed by atoms with E-state index in [0.717, 1.165) is 38.2 Å². The van der Waals surface area contributed by atoms with E-state index in [2.05, 4.69) is 41.4 Å². The van der Waals surface area contributed by atoms with Crippen LogP contribution in [0, 0.1) is 6.92 Å². The molecule has 2 aliphatic heterocycles. The van der Waals surface area contributed by atoms with E-state index in [-0.39, 0.29) is 17.9 Å². The van der Waals surface area contributed by atoms with Gasteiger partial charge in [0.1, 0.15) is 0 Å². The highest BCUT2D eigenvalue weighted by atomic mass is 16.2. The zero-order valence-corrected chi connectivity index (χ0v) is 15.6. The molecular weight excluding hydrogens is 338 g/mol. The van der Waals surface area contributed by atoms with Gasteiger partial charge >= 0.3 is 0 Å². The van der Waals surface area contributed by atoms with Crippen LogP contribution in [0.25, 0.3) is 0 Å². The highest BCUT2D eigenvalue weighted by Crippen LogP contribution is 2.28. The summed E-state index contributed by atoms with van der Waals surface area (Å²) in [5.74, 6) is 0.0358. The molecule has 1 atom stereocenters. The smallest absolute Gasteiger partial charge is 0.252 e. The van der Waals surface area contributed by atoms with Gasteiger partial charge in [0.05, 0.1) is 12.5 Å². The average molecular weight is 363 g/mol. The number of nitrogens with one attached hydrogen (secondary N) is 1. The number of amides is 2. The van der Waals surface area contributed by atoms with Gasteiger partial charge in [-0.25, -0.2) is 0 Å². The van der Waals surface area contributed by atoms with Crippen molar-refractivity contribution in [3.63, 3.8) is 0 Å². The molecule has 0 saturated carbocycles. The quantitative estimate of drug-likeness (QED) is 0.912. The first-order valence-corrected chi connectivity index (χ1v) is 9.61. The summed E-state index contributed by atoms with van der Waals surface area (Å²) in [6.45, 7) is 5.41. The third-order valence-electron chi connectivity index (χ3n) is 5.57. The van der Waals surface area contributed by atoms with Gasteiger partial charge in [0.2, 0.25) is 5.91 Å². The topological polar surface area (TPSA) is 52.6 Å². The number of anilines is 1. The van der Waals surface area contributed by atoms with Gasteiger partial charge in [-0.15, -0.1) is 0 Å². The van der Waals surface area contributed by atoms with Crippen molar-refractivity contribution in [1.82, 2.24) is 10.2 Å². The fourth-order valence-electron chi connectivity index (χ4n) is 4.11. The van der Waals surface area contributed by atoms with E-state index in [1.165, 1.54) is 11.3 Å². The molecule has 1 saturated heterocycles. The number of fused-ring (bicyclic) bond motifs is 1. The summed E-state index contributed by atoms with van der Waals surface area (Å²) in [5, 5.41) is 2.95. The molecule has 140 valence electrons. The van der Waals surface area contributed by atoms with Gasteiger partial charge < -0.3 is 15.1 Å². The number of carbonyl (C=O) groups is 2. The van der Waals surface area contributed by atoms with E-state index in [0.29, 0.717) is 12.0 Å². The van der Waals surface area contributed by atoms with Crippen molar-refractivity contribution in [3.05, 3.63) is 65.2 Å². The minimum Gasteiger partial charge on any atom is -0.369 e. The highest BCUT2D eigenvalue weighted by molar-refractivity contribution is 5.99. The Bertz CT molecular complexity index is 864. The van der Waals surface area contributed by atoms with Gasteiger partial charge in [-0.05, 0) is 36.6 Å². The van der Waals surface area contributed by atoms with E-state index in [1.54, 1.807) is 0 Å². The lowest BCUT2D eigenvalue weighted by molar-refractivity contribution is -0.131. The van der Waals surface area contributed by atoms with Crippen molar-refractivity contribution in [2.75, 3.05) is 31.1 Å². The monoisotopic (exact) mass is 363 g/mol. The lowest BCUT2D eigenvalue weighted by Crippen LogP contribution is -2.37. The Morgan fingerprint density at radius 1 is 1.04 bits per heavy atom. The summed E-state index contributed by atoms with van der Waals surface area (Å²) in [5.41, 5.74) is 4.15. The van der Waals surface area contributed by atoms with Crippen LogP contribution in [0.2, 0.25) is 0 Å². The third-order valence-corrected chi connectivity index (χ3v) is 5.57. The Kier molecular flexibility index (Phi) is 4.84. The largest absolute Gasteiger partial charge is 0.369 e. The minimum atomic E-state index is -0.211. The molecule has 5 nitrogen and oxygen atoms in total. The molecule has 27 heavy (non-hydrogen) atoms. The van der Waals surface area contributed by atoms with Crippen LogP contribution < -0.4 is 10.2 Å². The summed E-state index contributed by atoms with van der Waals surface area (Å²) >= 11 is 0. The normalized spacial score (nSPS) is 19.4. The van der Waals surface area contributed by atoms with Crippen molar-refractivity contribution < 1.29 is 9.59 Å². The molecular formula is C22H25N3O2. The summed E-state index contributed by atoms with van der Waals surface area (Å²) < 4.78 is 0. The van der Waals surface area contributed by atoms with Crippen LogP contribution >= 0.6 is 0 Å². The molecule has 2 heterocycles. The molecule has 2 aliphatic rings. The van der Waals surface area contributed by atoms with Crippen LogP contribution in [0.4, 0.5) is 5.69 Å². The summed E-state index contributed by atoms with van der Waals surface area (Å²) in [4.78, 5) is 29.3. The molecule has 2 aromatic rings. The highest BCUT2D eigenvalue weighted by Gasteiger charge is 2.31. The number of carbonyl (C=O) groups excluding carboxylic acids is 2. The van der Waals surface area contributed by atoms with Gasteiger partial charge in [-0.3, -0.25) is 9.59 Å². The van der Waals surface area contributed by atoms with Crippen molar-refractivity contribution in [2.45, 2.75) is 25.8 Å². The van der Waals surface area contributed by atoms with E-state index < -0.39 is 0 Å². The zero-order valence-electron chi connectivity index (χ0n) is 15.6. The van der Waals surface area contributed by atoms with Crippen molar-refractivity contribution in [1.29, 1.82) is 0 Å². The summed E-state index contributed by atoms with van der Waals surface area (Å²) in [6, 6.07) is 15.7. The predicted octanol–water partition coefficient (Wildman–Crippen LogP) is 2.91. The molecule has 0 unspecified atom stereocenters. The summed E-state index contributed by atoms with van der Waals surface area (Å²) in [7, 11) is 0. The van der Waals surface area contributed by atoms with Gasteiger partial charge in [-0.2, -0.15) is 0 Å². The Morgan fingerprint density at radius 3 is 2.67 bits per heavy atom. The second-order valence-corrected chi connectivity index (χ2v) is 7.33. The van der Waals surface area contributed by atoms with Crippen molar-refractivity contribution in [3.8, 4) is 0 Å². The number of aryl methyl sites for hydroxylation is 1. The van der Waals surface area contributed by atoms with E-state index in [9.17, 15) is 9.59 Å². The van der Waals surface area contributed by atoms with E-state index >= 15 is 0 Å². The predicted molar refractivity (Wildman–Crippen MR) is 106 cm³/mol. The van der Waals surface area contributed by atoms with Crippen LogP contribution in [0.15, 0.2) is 48.5 Å². The molecule has 1 N–H and O–H groups in total. The number of benzene rings is 2. The van der Waals surface area contributed by atoms with Gasteiger partial charge in [0.15, 0.2) is 0 Å². The van der Waals surface area contributed by atoms with Crippen LogP contribution in [0.5, 0.6) is 0 Å². The van der Waals surface area contributed by atoms with Crippen LogP contribution in [-0.2, 0) is 4.79 Å². The van der Waals surface area contributed by atoms with Crippen LogP contribution in [0.3, 0.4) is 0 Å². The Hall–Kier alpha value is -2.82. The van der Waals surface area contributed by atoms with Crippen LogP contribution in [0.1, 0.15) is 40.4 Å². The lowest BCUT2D eigenvalue weighted by atomic mass is 10.0. The number of hydrogen-bond acceptors (Lipinski definition) is 3. The number of hydrogen-bond donors (Lipinski definition) is 1. The number of para-hydroxylation sites is 1. The van der Waals surface area contributed by atoms with Crippen molar-refractivity contribution >= 4 is 17.5 Å². The Morgan fingerprint density at radius 2 is 1.81 bits per heavy atom. The molecule has 2 aromatic carbocycles. The average Bonchev–Trinajstić information content (AvgIpc) is 2.85. The van der Waals surface area contributed by atoms with Gasteiger partial charge in [-0.1, -0.05) is 36.4 Å². The first-order valence-electron chi connectivity index (χ1n) is 9.61. The summed E-state index contributed by atoms with van der Waals surface area (Å²) in [6.07, 6.45) is 1.28. The van der Waals surface area contributed by atoms with Gasteiger partial charge in [0, 0.05) is 37.4 Å². The molecule has 0 radical (unpaired) electrons. The lowest BCUT2D eigenvalue weighted by Gasteiger charge is -2.25. The maximum absolute atomic E-state index is 12.9. The molecule has 5 heteroatoms. The molecule has 1 fully saturated rings. The molecule has 2 amide bonds. The standard InChI is InChI=1S/C22H25N3O2/c1-16-7-2-5-10-20(16)24-11-6-12-25(14-13-24)21(26)15-19-17-8-3-4-9-18(17)22(27)23-19/h2-5,7-10,19H,6,11-15H2,1H3,(H,23,27)/t19-/m1/s1. The minimum absolute atomic E-state index is 0.0787. The van der Waals surface area contributed by atoms with E-state index in [1.807, 2.05) is 29.2 Å². The second-order valence-electron chi connectivity index (χ2n) is 7.33. The molecule has 0 bridgehead atoms. The van der Waals surface area contributed by atoms with Crippen molar-refractivity contribution in [2.24, 2.45) is 0 Å². The fourth-order valence-corrected chi connectivity index (χ4v) is 4.11. The van der Waals surface area contributed by atoms with Crippen LogP contribution in [-0.4, -0.2) is 42.9 Å². The third kappa shape index (κ3) is 3.54. The Labute approximate surface area is 160 Å².